The maximum Gasteiger partial charge on any atom is 0.471 e. The third-order valence-corrected chi connectivity index (χ3v) is 5.97. The minimum absolute atomic E-state index is 0.0872. The van der Waals surface area contributed by atoms with Crippen molar-refractivity contribution >= 4 is 22.5 Å². The summed E-state index contributed by atoms with van der Waals surface area (Å²) in [5, 5.41) is 5.20. The maximum atomic E-state index is 13.5. The lowest BCUT2D eigenvalue weighted by Crippen LogP contribution is -2.49. The van der Waals surface area contributed by atoms with Crippen LogP contribution in [0.25, 0.3) is 22.2 Å². The van der Waals surface area contributed by atoms with Crippen LogP contribution < -0.4 is 9.64 Å². The fraction of sp³-hybridized carbons (Fsp3) is 0.280. The molecule has 3 heterocycles. The summed E-state index contributed by atoms with van der Waals surface area (Å²) in [6.45, 7) is 4.40. The number of anilines is 1. The SMILES string of the molecule is CCOc1ccc2ccccc2c1C(=O)N1CCN(c2ccc(-c3noc(C(F)(F)F)n3)cn2)CC1. The third kappa shape index (κ3) is 4.56. The summed E-state index contributed by atoms with van der Waals surface area (Å²) in [4.78, 5) is 25.1. The van der Waals surface area contributed by atoms with Gasteiger partial charge >= 0.3 is 12.1 Å². The second kappa shape index (κ2) is 9.48. The Morgan fingerprint density at radius 3 is 2.50 bits per heavy atom. The van der Waals surface area contributed by atoms with Gasteiger partial charge in [0.25, 0.3) is 5.91 Å². The van der Waals surface area contributed by atoms with Crippen molar-refractivity contribution in [3.63, 3.8) is 0 Å². The van der Waals surface area contributed by atoms with Crippen molar-refractivity contribution in [2.24, 2.45) is 0 Å². The number of hydrogen-bond donors (Lipinski definition) is 0. The molecule has 186 valence electrons. The number of aromatic nitrogens is 3. The number of carbonyl (C=O) groups excluding carboxylic acids is 1. The number of carbonyl (C=O) groups is 1. The molecule has 8 nitrogen and oxygen atoms in total. The van der Waals surface area contributed by atoms with E-state index in [4.69, 9.17) is 4.74 Å². The zero-order valence-electron chi connectivity index (χ0n) is 19.3. The predicted molar refractivity (Wildman–Crippen MR) is 126 cm³/mol. The number of benzene rings is 2. The number of ether oxygens (including phenoxy) is 1. The molecule has 1 amide bonds. The van der Waals surface area contributed by atoms with Crippen molar-refractivity contribution in [2.45, 2.75) is 13.1 Å². The Labute approximate surface area is 204 Å². The Kier molecular flexibility index (Phi) is 6.21. The van der Waals surface area contributed by atoms with Crippen molar-refractivity contribution in [1.82, 2.24) is 20.0 Å². The molecule has 11 heteroatoms. The molecule has 0 spiro atoms. The van der Waals surface area contributed by atoms with E-state index in [2.05, 4.69) is 19.6 Å². The molecule has 1 fully saturated rings. The van der Waals surface area contributed by atoms with Gasteiger partial charge in [-0.3, -0.25) is 4.79 Å². The first-order valence-corrected chi connectivity index (χ1v) is 11.4. The van der Waals surface area contributed by atoms with E-state index >= 15 is 0 Å². The molecule has 0 radical (unpaired) electrons. The average molecular weight is 497 g/mol. The van der Waals surface area contributed by atoms with Crippen molar-refractivity contribution in [1.29, 1.82) is 0 Å². The van der Waals surface area contributed by atoms with Crippen LogP contribution in [0.1, 0.15) is 23.2 Å². The van der Waals surface area contributed by atoms with Gasteiger partial charge in [0, 0.05) is 37.9 Å². The van der Waals surface area contributed by atoms with E-state index in [1.807, 2.05) is 48.2 Å². The molecule has 0 saturated carbocycles. The highest BCUT2D eigenvalue weighted by Gasteiger charge is 2.38. The molecule has 1 saturated heterocycles. The smallest absolute Gasteiger partial charge is 0.471 e. The molecular formula is C25H22F3N5O3. The zero-order chi connectivity index (χ0) is 25.3. The second-order valence-electron chi connectivity index (χ2n) is 8.20. The van der Waals surface area contributed by atoms with E-state index in [-0.39, 0.29) is 11.7 Å². The number of amides is 1. The predicted octanol–water partition coefficient (Wildman–Crippen LogP) is 4.66. The van der Waals surface area contributed by atoms with Gasteiger partial charge in [0.05, 0.1) is 12.2 Å². The first kappa shape index (κ1) is 23.6. The molecular weight excluding hydrogens is 475 g/mol. The monoisotopic (exact) mass is 497 g/mol. The van der Waals surface area contributed by atoms with E-state index in [1.165, 1.54) is 6.20 Å². The van der Waals surface area contributed by atoms with Gasteiger partial charge in [-0.05, 0) is 35.9 Å². The fourth-order valence-electron chi connectivity index (χ4n) is 4.21. The number of rotatable bonds is 5. The fourth-order valence-corrected chi connectivity index (χ4v) is 4.21. The van der Waals surface area contributed by atoms with Crippen LogP contribution in [0.4, 0.5) is 19.0 Å². The van der Waals surface area contributed by atoms with Crippen LogP contribution in [0, 0.1) is 0 Å². The molecule has 5 rings (SSSR count). The third-order valence-electron chi connectivity index (χ3n) is 5.97. The number of piperazine rings is 1. The first-order chi connectivity index (χ1) is 17.3. The lowest BCUT2D eigenvalue weighted by atomic mass is 10.0. The summed E-state index contributed by atoms with van der Waals surface area (Å²) < 4.78 is 48.2. The number of pyridine rings is 1. The number of alkyl halides is 3. The topological polar surface area (TPSA) is 84.6 Å². The molecule has 36 heavy (non-hydrogen) atoms. The molecule has 0 unspecified atom stereocenters. The highest BCUT2D eigenvalue weighted by atomic mass is 19.4. The lowest BCUT2D eigenvalue weighted by Gasteiger charge is -2.35. The van der Waals surface area contributed by atoms with Crippen LogP contribution in [0.2, 0.25) is 0 Å². The number of halogens is 3. The Morgan fingerprint density at radius 1 is 1.06 bits per heavy atom. The Hall–Kier alpha value is -4.15. The second-order valence-corrected chi connectivity index (χ2v) is 8.20. The van der Waals surface area contributed by atoms with Gasteiger partial charge in [0.2, 0.25) is 5.82 Å². The van der Waals surface area contributed by atoms with Gasteiger partial charge < -0.3 is 19.1 Å². The summed E-state index contributed by atoms with van der Waals surface area (Å²) in [5.74, 6) is -0.463. The van der Waals surface area contributed by atoms with Gasteiger partial charge in [-0.1, -0.05) is 35.5 Å². The molecule has 4 aromatic rings. The van der Waals surface area contributed by atoms with Crippen molar-refractivity contribution in [3.8, 4) is 17.1 Å². The van der Waals surface area contributed by atoms with Crippen LogP contribution >= 0.6 is 0 Å². The average Bonchev–Trinajstić information content (AvgIpc) is 3.40. The van der Waals surface area contributed by atoms with Crippen LogP contribution in [0.15, 0.2) is 59.3 Å². The van der Waals surface area contributed by atoms with E-state index < -0.39 is 12.1 Å². The summed E-state index contributed by atoms with van der Waals surface area (Å²) in [5.41, 5.74) is 0.871. The van der Waals surface area contributed by atoms with Gasteiger partial charge in [-0.2, -0.15) is 18.2 Å². The van der Waals surface area contributed by atoms with Gasteiger partial charge in [-0.15, -0.1) is 0 Å². The molecule has 1 aliphatic rings. The molecule has 1 aliphatic heterocycles. The lowest BCUT2D eigenvalue weighted by molar-refractivity contribution is -0.159. The number of hydrogen-bond acceptors (Lipinski definition) is 7. The molecule has 0 N–H and O–H groups in total. The molecule has 0 aliphatic carbocycles. The highest BCUT2D eigenvalue weighted by molar-refractivity contribution is 6.09. The first-order valence-electron chi connectivity index (χ1n) is 11.4. The summed E-state index contributed by atoms with van der Waals surface area (Å²) in [6, 6.07) is 14.8. The van der Waals surface area contributed by atoms with Gasteiger partial charge in [0.1, 0.15) is 11.6 Å². The number of nitrogens with zero attached hydrogens (tertiary/aromatic N) is 5. The van der Waals surface area contributed by atoms with Crippen molar-refractivity contribution < 1.29 is 27.2 Å². The standard InChI is InChI=1S/C25H22F3N5O3/c1-2-35-19-9-7-16-5-3-4-6-18(16)21(19)23(34)33-13-11-32(12-14-33)20-10-8-17(15-29-20)22-30-24(36-31-22)25(26,27)28/h3-10,15H,2,11-14H2,1H3. The minimum Gasteiger partial charge on any atom is -0.493 e. The maximum absolute atomic E-state index is 13.5. The van der Waals surface area contributed by atoms with Crippen molar-refractivity contribution in [2.75, 3.05) is 37.7 Å². The van der Waals surface area contributed by atoms with E-state index in [1.54, 1.807) is 17.0 Å². The Balaban J connectivity index is 1.29. The minimum atomic E-state index is -4.70. The molecule has 2 aromatic heterocycles. The van der Waals surface area contributed by atoms with E-state index in [9.17, 15) is 18.0 Å². The summed E-state index contributed by atoms with van der Waals surface area (Å²) in [6.07, 6.45) is -3.30. The van der Waals surface area contributed by atoms with Gasteiger partial charge in [-0.25, -0.2) is 4.98 Å². The number of fused-ring (bicyclic) bond motifs is 1. The molecule has 0 atom stereocenters. The zero-order valence-corrected chi connectivity index (χ0v) is 19.3. The summed E-state index contributed by atoms with van der Waals surface area (Å²) in [7, 11) is 0. The highest BCUT2D eigenvalue weighted by Crippen LogP contribution is 2.31. The normalized spacial score (nSPS) is 14.3. The van der Waals surface area contributed by atoms with Crippen LogP contribution in [-0.4, -0.2) is 58.7 Å². The summed E-state index contributed by atoms with van der Waals surface area (Å²) >= 11 is 0. The van der Waals surface area contributed by atoms with E-state index in [0.717, 1.165) is 10.8 Å². The molecule has 2 aromatic carbocycles. The van der Waals surface area contributed by atoms with Crippen LogP contribution in [-0.2, 0) is 6.18 Å². The quantitative estimate of drug-likeness (QED) is 0.396. The Bertz CT molecular complexity index is 1380. The van der Waals surface area contributed by atoms with Crippen molar-refractivity contribution in [3.05, 3.63) is 66.2 Å². The van der Waals surface area contributed by atoms with E-state index in [0.29, 0.717) is 55.5 Å². The van der Waals surface area contributed by atoms with Crippen LogP contribution in [0.5, 0.6) is 5.75 Å². The van der Waals surface area contributed by atoms with Gasteiger partial charge in [0.15, 0.2) is 0 Å². The Morgan fingerprint density at radius 2 is 1.83 bits per heavy atom. The largest absolute Gasteiger partial charge is 0.493 e. The van der Waals surface area contributed by atoms with Crippen LogP contribution in [0.3, 0.4) is 0 Å². The molecule has 0 bridgehead atoms.